The van der Waals surface area contributed by atoms with Crippen LogP contribution in [0.1, 0.15) is 37.4 Å². The molecule has 0 spiro atoms. The van der Waals surface area contributed by atoms with Gasteiger partial charge in [-0.05, 0) is 31.5 Å². The lowest BCUT2D eigenvalue weighted by molar-refractivity contribution is -0.0817. The first-order chi connectivity index (χ1) is 12.1. The Morgan fingerprint density at radius 3 is 2.92 bits per heavy atom. The van der Waals surface area contributed by atoms with E-state index in [4.69, 9.17) is 9.72 Å². The van der Waals surface area contributed by atoms with E-state index in [9.17, 15) is 5.11 Å². The number of β-amino-alcohol motifs (C(OH)–C–C–N with tert-alkyl or cyclic N) is 1. The van der Waals surface area contributed by atoms with E-state index < -0.39 is 5.60 Å². The van der Waals surface area contributed by atoms with Gasteiger partial charge in [-0.1, -0.05) is 0 Å². The number of aliphatic hydroxyl groups is 1. The Bertz CT molecular complexity index is 736. The van der Waals surface area contributed by atoms with Gasteiger partial charge in [0.05, 0.1) is 22.9 Å². The first kappa shape index (κ1) is 16.8. The normalized spacial score (nSPS) is 24.0. The van der Waals surface area contributed by atoms with Gasteiger partial charge in [-0.15, -0.1) is 0 Å². The second-order valence-electron chi connectivity index (χ2n) is 7.65. The molecule has 0 saturated carbocycles. The summed E-state index contributed by atoms with van der Waals surface area (Å²) in [5.41, 5.74) is 1.60. The molecule has 0 aliphatic carbocycles. The van der Waals surface area contributed by atoms with Gasteiger partial charge >= 0.3 is 0 Å². The van der Waals surface area contributed by atoms with Crippen LogP contribution in [0.5, 0.6) is 0 Å². The lowest BCUT2D eigenvalue weighted by atomic mass is 9.93. The monoisotopic (exact) mass is 344 g/mol. The fourth-order valence-electron chi connectivity index (χ4n) is 4.17. The van der Waals surface area contributed by atoms with Gasteiger partial charge in [0.25, 0.3) is 0 Å². The van der Waals surface area contributed by atoms with Crippen molar-refractivity contribution in [3.8, 4) is 0 Å². The number of nitrogens with zero attached hydrogens (tertiary/aromatic N) is 4. The SMILES string of the molecule is CN(C)c1nc([C@@H]2CCCN2CC2(O)CCOCC2)cn2cccc12. The summed E-state index contributed by atoms with van der Waals surface area (Å²) in [5, 5.41) is 10.9. The summed E-state index contributed by atoms with van der Waals surface area (Å²) in [6.45, 7) is 3.06. The zero-order valence-corrected chi connectivity index (χ0v) is 15.2. The Kier molecular flexibility index (Phi) is 4.43. The van der Waals surface area contributed by atoms with Crippen molar-refractivity contribution >= 4 is 11.3 Å². The molecule has 0 bridgehead atoms. The average molecular weight is 344 g/mol. The molecule has 2 aliphatic heterocycles. The number of hydrogen-bond acceptors (Lipinski definition) is 5. The van der Waals surface area contributed by atoms with E-state index in [0.29, 0.717) is 19.8 Å². The van der Waals surface area contributed by atoms with E-state index in [1.54, 1.807) is 0 Å². The van der Waals surface area contributed by atoms with Crippen molar-refractivity contribution in [3.05, 3.63) is 30.2 Å². The highest BCUT2D eigenvalue weighted by atomic mass is 16.5. The quantitative estimate of drug-likeness (QED) is 0.920. The highest BCUT2D eigenvalue weighted by Gasteiger charge is 2.37. The molecule has 0 unspecified atom stereocenters. The summed E-state index contributed by atoms with van der Waals surface area (Å²) in [6, 6.07) is 4.44. The molecule has 1 atom stereocenters. The van der Waals surface area contributed by atoms with Crippen LogP contribution in [0, 0.1) is 0 Å². The molecule has 2 aromatic heterocycles. The predicted molar refractivity (Wildman–Crippen MR) is 98.1 cm³/mol. The zero-order chi connectivity index (χ0) is 17.4. The molecule has 6 heteroatoms. The van der Waals surface area contributed by atoms with Crippen molar-refractivity contribution in [2.75, 3.05) is 45.3 Å². The van der Waals surface area contributed by atoms with Gasteiger partial charge < -0.3 is 19.1 Å². The standard InChI is InChI=1S/C19H28N4O2/c1-21(2)18-17-6-4-9-22(17)13-15(20-18)16-5-3-10-23(16)14-19(24)7-11-25-12-8-19/h4,6,9,13,16,24H,3,5,7-8,10-12,14H2,1-2H3/t16-/m0/s1. The number of hydrogen-bond donors (Lipinski definition) is 1. The van der Waals surface area contributed by atoms with Crippen molar-refractivity contribution in [2.24, 2.45) is 0 Å². The number of likely N-dealkylation sites (tertiary alicyclic amines) is 1. The van der Waals surface area contributed by atoms with Crippen LogP contribution in [-0.2, 0) is 4.74 Å². The molecule has 1 N–H and O–H groups in total. The summed E-state index contributed by atoms with van der Waals surface area (Å²) >= 11 is 0. The molecule has 2 fully saturated rings. The third kappa shape index (κ3) is 3.26. The topological polar surface area (TPSA) is 53.2 Å². The predicted octanol–water partition coefficient (Wildman–Crippen LogP) is 2.08. The molecule has 0 aromatic carbocycles. The van der Waals surface area contributed by atoms with Crippen LogP contribution < -0.4 is 4.90 Å². The Labute approximate surface area is 149 Å². The highest BCUT2D eigenvalue weighted by Crippen LogP contribution is 2.35. The van der Waals surface area contributed by atoms with Gasteiger partial charge in [-0.3, -0.25) is 4.90 Å². The highest BCUT2D eigenvalue weighted by molar-refractivity contribution is 5.69. The van der Waals surface area contributed by atoms with E-state index in [0.717, 1.165) is 49.3 Å². The molecule has 4 heterocycles. The van der Waals surface area contributed by atoms with Crippen molar-refractivity contribution in [3.63, 3.8) is 0 Å². The summed E-state index contributed by atoms with van der Waals surface area (Å²) in [5.74, 6) is 0.999. The Morgan fingerprint density at radius 1 is 1.36 bits per heavy atom. The first-order valence-corrected chi connectivity index (χ1v) is 9.25. The Morgan fingerprint density at radius 2 is 2.16 bits per heavy atom. The second kappa shape index (κ2) is 6.59. The maximum atomic E-state index is 10.9. The maximum absolute atomic E-state index is 10.9. The number of rotatable bonds is 4. The van der Waals surface area contributed by atoms with E-state index in [-0.39, 0.29) is 6.04 Å². The lowest BCUT2D eigenvalue weighted by Gasteiger charge is -2.37. The van der Waals surface area contributed by atoms with Gasteiger partial charge in [0.1, 0.15) is 0 Å². The fraction of sp³-hybridized carbons (Fsp3) is 0.632. The van der Waals surface area contributed by atoms with Crippen LogP contribution in [0.2, 0.25) is 0 Å². The molecule has 6 nitrogen and oxygen atoms in total. The Hall–Kier alpha value is -1.63. The van der Waals surface area contributed by atoms with E-state index in [1.165, 1.54) is 0 Å². The molecule has 4 rings (SSSR count). The molecule has 2 aromatic rings. The molecular weight excluding hydrogens is 316 g/mol. The minimum absolute atomic E-state index is 0.275. The molecule has 136 valence electrons. The van der Waals surface area contributed by atoms with Gasteiger partial charge in [0.2, 0.25) is 0 Å². The fourth-order valence-corrected chi connectivity index (χ4v) is 4.17. The molecule has 25 heavy (non-hydrogen) atoms. The third-order valence-electron chi connectivity index (χ3n) is 5.56. The number of fused-ring (bicyclic) bond motifs is 1. The van der Waals surface area contributed by atoms with E-state index in [2.05, 4.69) is 38.7 Å². The van der Waals surface area contributed by atoms with Crippen LogP contribution in [0.4, 0.5) is 5.82 Å². The van der Waals surface area contributed by atoms with E-state index in [1.807, 2.05) is 14.1 Å². The molecule has 2 saturated heterocycles. The van der Waals surface area contributed by atoms with Gasteiger partial charge in [-0.25, -0.2) is 4.98 Å². The summed E-state index contributed by atoms with van der Waals surface area (Å²) in [6.07, 6.45) is 7.93. The lowest BCUT2D eigenvalue weighted by Crippen LogP contribution is -2.46. The van der Waals surface area contributed by atoms with Crippen LogP contribution in [0.25, 0.3) is 5.52 Å². The van der Waals surface area contributed by atoms with Crippen molar-refractivity contribution in [1.82, 2.24) is 14.3 Å². The van der Waals surface area contributed by atoms with Gasteiger partial charge in [0.15, 0.2) is 5.82 Å². The molecule has 0 radical (unpaired) electrons. The first-order valence-electron chi connectivity index (χ1n) is 9.25. The minimum atomic E-state index is -0.622. The number of anilines is 1. The largest absolute Gasteiger partial charge is 0.388 e. The molecular formula is C19H28N4O2. The molecule has 0 amide bonds. The van der Waals surface area contributed by atoms with Crippen molar-refractivity contribution in [2.45, 2.75) is 37.3 Å². The van der Waals surface area contributed by atoms with Crippen molar-refractivity contribution in [1.29, 1.82) is 0 Å². The maximum Gasteiger partial charge on any atom is 0.152 e. The van der Waals surface area contributed by atoms with E-state index >= 15 is 0 Å². The van der Waals surface area contributed by atoms with Gasteiger partial charge in [-0.2, -0.15) is 0 Å². The number of ether oxygens (including phenoxy) is 1. The van der Waals surface area contributed by atoms with Crippen LogP contribution in [0.3, 0.4) is 0 Å². The average Bonchev–Trinajstić information content (AvgIpc) is 3.22. The zero-order valence-electron chi connectivity index (χ0n) is 15.2. The van der Waals surface area contributed by atoms with Crippen LogP contribution in [0.15, 0.2) is 24.5 Å². The third-order valence-corrected chi connectivity index (χ3v) is 5.56. The number of aromatic nitrogens is 2. The molecule has 2 aliphatic rings. The smallest absolute Gasteiger partial charge is 0.152 e. The van der Waals surface area contributed by atoms with Crippen LogP contribution >= 0.6 is 0 Å². The summed E-state index contributed by atoms with van der Waals surface area (Å²) in [7, 11) is 4.08. The summed E-state index contributed by atoms with van der Waals surface area (Å²) in [4.78, 5) is 9.47. The van der Waals surface area contributed by atoms with Gasteiger partial charge in [0, 0.05) is 59.1 Å². The van der Waals surface area contributed by atoms with Crippen LogP contribution in [-0.4, -0.2) is 65.4 Å². The second-order valence-corrected chi connectivity index (χ2v) is 7.65. The summed E-state index contributed by atoms with van der Waals surface area (Å²) < 4.78 is 7.59. The minimum Gasteiger partial charge on any atom is -0.388 e. The van der Waals surface area contributed by atoms with Crippen molar-refractivity contribution < 1.29 is 9.84 Å². The Balaban J connectivity index is 1.62.